The molecule has 7 heteroatoms. The summed E-state index contributed by atoms with van der Waals surface area (Å²) < 4.78 is 16.5. The van der Waals surface area contributed by atoms with Crippen molar-refractivity contribution < 1.29 is 19.0 Å². The third-order valence-electron chi connectivity index (χ3n) is 3.29. The lowest BCUT2D eigenvalue weighted by molar-refractivity contribution is 0.291. The maximum atomic E-state index is 11.3. The summed E-state index contributed by atoms with van der Waals surface area (Å²) in [6.45, 7) is 2.15. The molecule has 104 valence electrons. The number of nitrogens with zero attached hydrogens (tertiary/aromatic N) is 1. The van der Waals surface area contributed by atoms with Crippen LogP contribution in [0.3, 0.4) is 0 Å². The van der Waals surface area contributed by atoms with Crippen molar-refractivity contribution in [3.8, 4) is 5.75 Å². The summed E-state index contributed by atoms with van der Waals surface area (Å²) in [5, 5.41) is 18.8. The van der Waals surface area contributed by atoms with Crippen molar-refractivity contribution in [2.75, 3.05) is 31.7 Å². The van der Waals surface area contributed by atoms with Gasteiger partial charge < -0.3 is 14.8 Å². The molecule has 1 aliphatic heterocycles. The topological polar surface area (TPSA) is 70.0 Å². The lowest BCUT2D eigenvalue weighted by Gasteiger charge is -2.27. The summed E-state index contributed by atoms with van der Waals surface area (Å²) in [6.07, 6.45) is 0. The molecule has 1 saturated heterocycles. The van der Waals surface area contributed by atoms with Crippen molar-refractivity contribution in [1.29, 1.82) is 0 Å². The van der Waals surface area contributed by atoms with Crippen molar-refractivity contribution in [3.05, 3.63) is 23.8 Å². The van der Waals surface area contributed by atoms with E-state index in [1.165, 1.54) is 0 Å². The predicted octanol–water partition coefficient (Wildman–Crippen LogP) is -1.06. The molecule has 1 aliphatic rings. The minimum absolute atomic E-state index is 0.493. The number of methoxy groups -OCH3 is 1. The molecule has 1 aromatic carbocycles. The van der Waals surface area contributed by atoms with E-state index in [1.54, 1.807) is 19.2 Å². The van der Waals surface area contributed by atoms with Crippen LogP contribution in [-0.2, 0) is 17.3 Å². The monoisotopic (exact) mass is 283 g/mol. The van der Waals surface area contributed by atoms with Crippen molar-refractivity contribution in [2.24, 2.45) is 0 Å². The standard InChI is InChI=1S/C12H18BNO4S/c1-18-11-2-3-12(13(15)16)10(8-11)9-14-4-6-19(17)7-5-14/h2-3,8,15-16H,4-7,9H2,1H3. The van der Waals surface area contributed by atoms with Crippen LogP contribution in [0.2, 0.25) is 0 Å². The van der Waals surface area contributed by atoms with Crippen LogP contribution < -0.4 is 10.2 Å². The van der Waals surface area contributed by atoms with Crippen molar-refractivity contribution in [2.45, 2.75) is 6.54 Å². The molecule has 19 heavy (non-hydrogen) atoms. The lowest BCUT2D eigenvalue weighted by atomic mass is 9.77. The second kappa shape index (κ2) is 6.52. The molecule has 1 heterocycles. The first-order valence-electron chi connectivity index (χ1n) is 6.20. The van der Waals surface area contributed by atoms with Gasteiger partial charge in [0.1, 0.15) is 5.75 Å². The Hall–Kier alpha value is -0.885. The van der Waals surface area contributed by atoms with E-state index in [2.05, 4.69) is 4.90 Å². The zero-order valence-electron chi connectivity index (χ0n) is 10.9. The lowest BCUT2D eigenvalue weighted by Crippen LogP contribution is -2.40. The highest BCUT2D eigenvalue weighted by atomic mass is 32.2. The van der Waals surface area contributed by atoms with E-state index in [4.69, 9.17) is 4.74 Å². The minimum Gasteiger partial charge on any atom is -0.497 e. The molecular weight excluding hydrogens is 265 g/mol. The molecule has 0 atom stereocenters. The van der Waals surface area contributed by atoms with E-state index >= 15 is 0 Å². The number of ether oxygens (including phenoxy) is 1. The van der Waals surface area contributed by atoms with Gasteiger partial charge in [-0.3, -0.25) is 9.11 Å². The van der Waals surface area contributed by atoms with Gasteiger partial charge in [0, 0.05) is 41.9 Å². The smallest absolute Gasteiger partial charge is 0.488 e. The first-order chi connectivity index (χ1) is 9.10. The maximum Gasteiger partial charge on any atom is 0.488 e. The van der Waals surface area contributed by atoms with Crippen LogP contribution in [0.1, 0.15) is 5.56 Å². The summed E-state index contributed by atoms with van der Waals surface area (Å²) in [5.41, 5.74) is 1.33. The van der Waals surface area contributed by atoms with Gasteiger partial charge in [0.25, 0.3) is 0 Å². The van der Waals surface area contributed by atoms with Crippen molar-refractivity contribution in [1.82, 2.24) is 4.90 Å². The molecule has 2 N–H and O–H groups in total. The molecule has 1 fully saturated rings. The van der Waals surface area contributed by atoms with Gasteiger partial charge in [-0.25, -0.2) is 0 Å². The van der Waals surface area contributed by atoms with Crippen LogP contribution in [0.15, 0.2) is 18.2 Å². The van der Waals surface area contributed by atoms with Crippen molar-refractivity contribution >= 4 is 23.4 Å². The fourth-order valence-corrected chi connectivity index (χ4v) is 3.30. The van der Waals surface area contributed by atoms with Gasteiger partial charge in [0.2, 0.25) is 0 Å². The van der Waals surface area contributed by atoms with Crippen molar-refractivity contribution in [3.63, 3.8) is 0 Å². The van der Waals surface area contributed by atoms with E-state index < -0.39 is 17.9 Å². The van der Waals surface area contributed by atoms with Gasteiger partial charge >= 0.3 is 7.12 Å². The Morgan fingerprint density at radius 3 is 2.63 bits per heavy atom. The summed E-state index contributed by atoms with van der Waals surface area (Å²) in [4.78, 5) is 2.17. The average Bonchev–Trinajstić information content (AvgIpc) is 2.41. The number of benzene rings is 1. The maximum absolute atomic E-state index is 11.3. The summed E-state index contributed by atoms with van der Waals surface area (Å²) >= 11 is 0. The Morgan fingerprint density at radius 1 is 1.37 bits per heavy atom. The van der Waals surface area contributed by atoms with Gasteiger partial charge in [-0.15, -0.1) is 0 Å². The van der Waals surface area contributed by atoms with Crippen LogP contribution in [0.25, 0.3) is 0 Å². The van der Waals surface area contributed by atoms with Gasteiger partial charge in [0.15, 0.2) is 0 Å². The van der Waals surface area contributed by atoms with E-state index in [-0.39, 0.29) is 0 Å². The summed E-state index contributed by atoms with van der Waals surface area (Å²) in [7, 11) is -0.609. The largest absolute Gasteiger partial charge is 0.497 e. The highest BCUT2D eigenvalue weighted by molar-refractivity contribution is 7.85. The molecule has 0 bridgehead atoms. The Balaban J connectivity index is 2.15. The fraction of sp³-hybridized carbons (Fsp3) is 0.500. The molecule has 0 unspecified atom stereocenters. The normalized spacial score (nSPS) is 17.4. The number of rotatable bonds is 4. The average molecular weight is 283 g/mol. The molecular formula is C12H18BNO4S. The van der Waals surface area contributed by atoms with Gasteiger partial charge in [-0.1, -0.05) is 6.07 Å². The molecule has 0 radical (unpaired) electrons. The quantitative estimate of drug-likeness (QED) is 0.689. The van der Waals surface area contributed by atoms with Crippen LogP contribution in [-0.4, -0.2) is 58.0 Å². The zero-order chi connectivity index (χ0) is 13.8. The molecule has 0 aliphatic carbocycles. The van der Waals surface area contributed by atoms with Crippen LogP contribution in [0.5, 0.6) is 5.75 Å². The molecule has 2 rings (SSSR count). The van der Waals surface area contributed by atoms with Crippen LogP contribution >= 0.6 is 0 Å². The Morgan fingerprint density at radius 2 is 2.05 bits per heavy atom. The van der Waals surface area contributed by atoms with Crippen LogP contribution in [0, 0.1) is 0 Å². The first kappa shape index (κ1) is 14.5. The molecule has 5 nitrogen and oxygen atoms in total. The molecule has 0 saturated carbocycles. The molecule has 0 amide bonds. The number of hydrogen-bond acceptors (Lipinski definition) is 5. The highest BCUT2D eigenvalue weighted by Gasteiger charge is 2.20. The molecule has 0 spiro atoms. The third-order valence-corrected chi connectivity index (χ3v) is 4.57. The van der Waals surface area contributed by atoms with E-state index in [0.29, 0.717) is 29.3 Å². The Bertz CT molecular complexity index is 459. The van der Waals surface area contributed by atoms with Crippen LogP contribution in [0.4, 0.5) is 0 Å². The Labute approximate surface area is 115 Å². The van der Waals surface area contributed by atoms with E-state index in [9.17, 15) is 14.3 Å². The second-order valence-corrected chi connectivity index (χ2v) is 6.26. The predicted molar refractivity (Wildman–Crippen MR) is 76.0 cm³/mol. The minimum atomic E-state index is -1.49. The molecule has 1 aromatic rings. The fourth-order valence-electron chi connectivity index (χ4n) is 2.17. The highest BCUT2D eigenvalue weighted by Crippen LogP contribution is 2.14. The summed E-state index contributed by atoms with van der Waals surface area (Å²) in [5.74, 6) is 2.06. The van der Waals surface area contributed by atoms with Gasteiger partial charge in [-0.05, 0) is 23.2 Å². The zero-order valence-corrected chi connectivity index (χ0v) is 11.7. The SMILES string of the molecule is COc1ccc(B(O)O)c(CN2CCS(=O)CC2)c1. The van der Waals surface area contributed by atoms with E-state index in [0.717, 1.165) is 18.7 Å². The first-order valence-corrected chi connectivity index (χ1v) is 7.69. The second-order valence-electron chi connectivity index (χ2n) is 4.56. The number of hydrogen-bond donors (Lipinski definition) is 2. The van der Waals surface area contributed by atoms with Gasteiger partial charge in [-0.2, -0.15) is 0 Å². The Kier molecular flexibility index (Phi) is 4.98. The van der Waals surface area contributed by atoms with E-state index in [1.807, 2.05) is 6.07 Å². The molecule has 0 aromatic heterocycles. The third kappa shape index (κ3) is 3.79. The summed E-state index contributed by atoms with van der Waals surface area (Å²) in [6, 6.07) is 5.20. The van der Waals surface area contributed by atoms with Gasteiger partial charge in [0.05, 0.1) is 7.11 Å².